The van der Waals surface area contributed by atoms with Crippen molar-refractivity contribution in [2.24, 2.45) is 0 Å². The molecule has 0 fully saturated rings. The predicted molar refractivity (Wildman–Crippen MR) is 38.8 cm³/mol. The molecule has 0 aromatic rings. The molecule has 0 aromatic heterocycles. The molecule has 0 radical (unpaired) electrons. The van der Waals surface area contributed by atoms with E-state index >= 15 is 0 Å². The van der Waals surface area contributed by atoms with Crippen LogP contribution < -0.4 is 0 Å². The Bertz CT molecular complexity index is 116. The first-order valence-corrected chi connectivity index (χ1v) is 2.72. The van der Waals surface area contributed by atoms with Gasteiger partial charge in [-0.25, -0.2) is 0 Å². The Morgan fingerprint density at radius 1 is 1.38 bits per heavy atom. The molecule has 0 amide bonds. The van der Waals surface area contributed by atoms with E-state index in [1.807, 2.05) is 38.2 Å². The van der Waals surface area contributed by atoms with Gasteiger partial charge in [-0.2, -0.15) is 0 Å². The Kier molecular flexibility index (Phi) is 3.95. The van der Waals surface area contributed by atoms with Crippen molar-refractivity contribution in [3.63, 3.8) is 0 Å². The van der Waals surface area contributed by atoms with E-state index in [4.69, 9.17) is 0 Å². The Morgan fingerprint density at radius 3 is 2.38 bits per heavy atom. The van der Waals surface area contributed by atoms with Crippen LogP contribution in [0.3, 0.4) is 0 Å². The van der Waals surface area contributed by atoms with Gasteiger partial charge in [0.25, 0.3) is 0 Å². The van der Waals surface area contributed by atoms with Gasteiger partial charge in [-0.05, 0) is 13.8 Å². The van der Waals surface area contributed by atoms with Gasteiger partial charge in [0.05, 0.1) is 0 Å². The summed E-state index contributed by atoms with van der Waals surface area (Å²) in [5, 5.41) is 0. The van der Waals surface area contributed by atoms with Gasteiger partial charge in [0.2, 0.25) is 0 Å². The minimum absolute atomic E-state index is 1.09. The summed E-state index contributed by atoms with van der Waals surface area (Å²) >= 11 is 0. The quantitative estimate of drug-likeness (QED) is 0.477. The maximum Gasteiger partial charge on any atom is -0.0404 e. The monoisotopic (exact) mass is 108 g/mol. The largest absolute Gasteiger partial charge is 0.0961 e. The van der Waals surface area contributed by atoms with Crippen LogP contribution in [-0.4, -0.2) is 0 Å². The van der Waals surface area contributed by atoms with Gasteiger partial charge < -0.3 is 0 Å². The molecule has 0 saturated heterocycles. The standard InChI is InChI=1S/C8H12/c1-4-5-6-7-8(2)3/h4-7H,2H2,1,3H3. The molecule has 0 heterocycles. The lowest BCUT2D eigenvalue weighted by atomic mass is 10.3. The number of rotatable bonds is 2. The number of hydrogen-bond acceptors (Lipinski definition) is 0. The van der Waals surface area contributed by atoms with Crippen molar-refractivity contribution < 1.29 is 0 Å². The maximum absolute atomic E-state index is 3.71. The maximum atomic E-state index is 3.71. The molecule has 0 unspecified atom stereocenters. The van der Waals surface area contributed by atoms with Crippen LogP contribution in [0.1, 0.15) is 13.8 Å². The van der Waals surface area contributed by atoms with Crippen molar-refractivity contribution in [3.8, 4) is 0 Å². The van der Waals surface area contributed by atoms with Crippen LogP contribution in [0.4, 0.5) is 0 Å². The summed E-state index contributed by atoms with van der Waals surface area (Å²) in [5.41, 5.74) is 1.09. The van der Waals surface area contributed by atoms with E-state index in [-0.39, 0.29) is 0 Å². The van der Waals surface area contributed by atoms with Crippen LogP contribution in [-0.2, 0) is 0 Å². The predicted octanol–water partition coefficient (Wildman–Crippen LogP) is 2.69. The van der Waals surface area contributed by atoms with Gasteiger partial charge in [0.15, 0.2) is 0 Å². The second-order valence-electron chi connectivity index (χ2n) is 1.73. The van der Waals surface area contributed by atoms with Gasteiger partial charge >= 0.3 is 0 Å². The van der Waals surface area contributed by atoms with E-state index in [0.29, 0.717) is 0 Å². The second kappa shape index (κ2) is 4.38. The molecule has 0 aliphatic carbocycles. The highest BCUT2D eigenvalue weighted by molar-refractivity contribution is 5.16. The molecule has 0 spiro atoms. The summed E-state index contributed by atoms with van der Waals surface area (Å²) in [6.45, 7) is 7.67. The van der Waals surface area contributed by atoms with E-state index in [1.54, 1.807) is 0 Å². The Morgan fingerprint density at radius 2 is 2.00 bits per heavy atom. The zero-order chi connectivity index (χ0) is 6.41. The van der Waals surface area contributed by atoms with Crippen molar-refractivity contribution in [1.82, 2.24) is 0 Å². The average molecular weight is 108 g/mol. The Hall–Kier alpha value is -0.780. The van der Waals surface area contributed by atoms with Crippen LogP contribution in [0.5, 0.6) is 0 Å². The fourth-order valence-corrected chi connectivity index (χ4v) is 0.331. The van der Waals surface area contributed by atoms with Gasteiger partial charge in [-0.15, -0.1) is 0 Å². The highest BCUT2D eigenvalue weighted by Crippen LogP contribution is 1.88. The summed E-state index contributed by atoms with van der Waals surface area (Å²) < 4.78 is 0. The summed E-state index contributed by atoms with van der Waals surface area (Å²) in [7, 11) is 0. The first-order valence-electron chi connectivity index (χ1n) is 2.72. The lowest BCUT2D eigenvalue weighted by molar-refractivity contribution is 1.56. The molecule has 0 saturated carbocycles. The molecule has 0 heteroatoms. The molecular formula is C8H12. The fourth-order valence-electron chi connectivity index (χ4n) is 0.331. The number of allylic oxidation sites excluding steroid dienone is 5. The molecule has 0 aromatic carbocycles. The van der Waals surface area contributed by atoms with Crippen LogP contribution in [0.2, 0.25) is 0 Å². The molecule has 0 aliphatic rings. The van der Waals surface area contributed by atoms with Crippen LogP contribution in [0.25, 0.3) is 0 Å². The van der Waals surface area contributed by atoms with Crippen LogP contribution >= 0.6 is 0 Å². The third-order valence-corrected chi connectivity index (χ3v) is 0.684. The topological polar surface area (TPSA) is 0 Å². The van der Waals surface area contributed by atoms with E-state index < -0.39 is 0 Å². The van der Waals surface area contributed by atoms with E-state index in [2.05, 4.69) is 6.58 Å². The lowest BCUT2D eigenvalue weighted by Gasteiger charge is -1.78. The molecule has 0 atom stereocenters. The molecule has 0 bridgehead atoms. The zero-order valence-corrected chi connectivity index (χ0v) is 5.52. The van der Waals surface area contributed by atoms with Crippen molar-refractivity contribution >= 4 is 0 Å². The van der Waals surface area contributed by atoms with E-state index in [9.17, 15) is 0 Å². The highest BCUT2D eigenvalue weighted by atomic mass is 13.7. The van der Waals surface area contributed by atoms with Crippen molar-refractivity contribution in [2.75, 3.05) is 0 Å². The zero-order valence-electron chi connectivity index (χ0n) is 5.52. The second-order valence-corrected chi connectivity index (χ2v) is 1.73. The molecule has 0 aliphatic heterocycles. The molecule has 44 valence electrons. The van der Waals surface area contributed by atoms with Crippen molar-refractivity contribution in [3.05, 3.63) is 36.5 Å². The highest BCUT2D eigenvalue weighted by Gasteiger charge is 1.66. The molecule has 0 N–H and O–H groups in total. The van der Waals surface area contributed by atoms with E-state index in [1.165, 1.54) is 0 Å². The molecule has 8 heavy (non-hydrogen) atoms. The van der Waals surface area contributed by atoms with E-state index in [0.717, 1.165) is 5.57 Å². The van der Waals surface area contributed by atoms with Crippen molar-refractivity contribution in [1.29, 1.82) is 0 Å². The average Bonchev–Trinajstić information content (AvgIpc) is 1.66. The van der Waals surface area contributed by atoms with Gasteiger partial charge in [0.1, 0.15) is 0 Å². The van der Waals surface area contributed by atoms with Crippen LogP contribution in [0, 0.1) is 0 Å². The smallest absolute Gasteiger partial charge is 0.0404 e. The van der Waals surface area contributed by atoms with Gasteiger partial charge in [-0.1, -0.05) is 36.5 Å². The molecule has 0 rings (SSSR count). The summed E-state index contributed by atoms with van der Waals surface area (Å²) in [4.78, 5) is 0. The number of hydrogen-bond donors (Lipinski definition) is 0. The summed E-state index contributed by atoms with van der Waals surface area (Å²) in [5.74, 6) is 0. The Balaban J connectivity index is 3.50. The summed E-state index contributed by atoms with van der Waals surface area (Å²) in [6, 6.07) is 0. The van der Waals surface area contributed by atoms with Gasteiger partial charge in [0, 0.05) is 0 Å². The van der Waals surface area contributed by atoms with Gasteiger partial charge in [-0.3, -0.25) is 0 Å². The van der Waals surface area contributed by atoms with Crippen LogP contribution in [0.15, 0.2) is 36.5 Å². The fraction of sp³-hybridized carbons (Fsp3) is 0.250. The minimum atomic E-state index is 1.09. The minimum Gasteiger partial charge on any atom is -0.0961 e. The van der Waals surface area contributed by atoms with Crippen molar-refractivity contribution in [2.45, 2.75) is 13.8 Å². The SMILES string of the molecule is C=C(C)C=CC=CC. The lowest BCUT2D eigenvalue weighted by Crippen LogP contribution is -1.56. The molecule has 0 nitrogen and oxygen atoms in total. The third kappa shape index (κ3) is 5.22. The normalized spacial score (nSPS) is 11.2. The third-order valence-electron chi connectivity index (χ3n) is 0.684. The first-order chi connectivity index (χ1) is 3.77. The Labute approximate surface area is 51.2 Å². The summed E-state index contributed by atoms with van der Waals surface area (Å²) in [6.07, 6.45) is 7.91. The first kappa shape index (κ1) is 7.22. The molecular weight excluding hydrogens is 96.1 g/mol.